The predicted octanol–water partition coefficient (Wildman–Crippen LogP) is -20.1. The monoisotopic (exact) mass is 1640 g/mol. The van der Waals surface area contributed by atoms with Crippen molar-refractivity contribution < 1.29 is 227 Å². The standard InChI is InChI=1S/C62H104N4O46/c1-14(74)63-27-39(86)48(23(10-72)98-54(27)95)107-57-30(66-17(4)77)40(87)49(24(11-73)104-57)108-61-47(94)52(111-62-53(43(90)35(82)22(9-71)103-62)112-56-29(65-16(3)76)38(85)32(79)19(6-68)100-56)50(109-55-28(64-15(2)75)37(84)31(78)18(5-67)99-55)26(106-61)13-97-59-46(93)51(110-60-45(92)42(89)34(81)21(8-70)102-60)36(83)25(105-59)12-96-58-44(91)41(88)33(80)20(7-69)101-58/h18-62,67-73,78-95H,5-13H2,1-4H3,(H,63,74)(H,64,75)(H,65,76)(H,66,77)/t18-,19-,20+,21-,22+,23+,24-,25-,26+,27+,28-,29-,30-,31-,32-,33+,34-,35+,36-,37-,38-,39+,40-,41-,42+,43-,44-,45+,46+,47-,48+,49-,50+,51+,52+,53-,54+,55+,56+,57+,58-,59+,60-,61-,62+/m1/s1. The molecule has 9 fully saturated rings. The van der Waals surface area contributed by atoms with E-state index in [1.807, 2.05) is 0 Å². The Morgan fingerprint density at radius 3 is 0.982 bits per heavy atom. The van der Waals surface area contributed by atoms with Crippen LogP contribution in [0.4, 0.5) is 0 Å². The molecule has 0 unspecified atom stereocenters. The van der Waals surface area contributed by atoms with Crippen LogP contribution in [0.15, 0.2) is 0 Å². The van der Waals surface area contributed by atoms with Gasteiger partial charge in [0.1, 0.15) is 219 Å². The van der Waals surface area contributed by atoms with Gasteiger partial charge in [0.25, 0.3) is 0 Å². The molecule has 0 saturated carbocycles. The van der Waals surface area contributed by atoms with Gasteiger partial charge in [-0.3, -0.25) is 19.2 Å². The molecule has 45 atom stereocenters. The second-order valence-corrected chi connectivity index (χ2v) is 28.2. The van der Waals surface area contributed by atoms with Crippen molar-refractivity contribution in [3.05, 3.63) is 0 Å². The van der Waals surface area contributed by atoms with Crippen molar-refractivity contribution in [2.75, 3.05) is 59.5 Å². The maximum Gasteiger partial charge on any atom is 0.217 e. The fraction of sp³-hybridized carbons (Fsp3) is 0.935. The molecular formula is C62H104N4O46. The third-order valence-corrected chi connectivity index (χ3v) is 20.3. The molecule has 29 N–H and O–H groups in total. The number of aliphatic hydroxyl groups excluding tert-OH is 25. The van der Waals surface area contributed by atoms with Crippen molar-refractivity contribution in [2.45, 2.75) is 304 Å². The first kappa shape index (κ1) is 92.1. The minimum Gasteiger partial charge on any atom is -0.394 e. The summed E-state index contributed by atoms with van der Waals surface area (Å²) in [4.78, 5) is 51.0. The molecule has 0 aromatic rings. The zero-order valence-corrected chi connectivity index (χ0v) is 60.1. The summed E-state index contributed by atoms with van der Waals surface area (Å²) in [6, 6.07) is -7.51. The third-order valence-electron chi connectivity index (χ3n) is 20.3. The molecule has 9 rings (SSSR count). The number of hydrogen-bond donors (Lipinski definition) is 29. The van der Waals surface area contributed by atoms with Crippen LogP contribution in [-0.2, 0) is 99.7 Å². The second kappa shape index (κ2) is 40.3. The van der Waals surface area contributed by atoms with Crippen molar-refractivity contribution in [2.24, 2.45) is 0 Å². The van der Waals surface area contributed by atoms with E-state index in [2.05, 4.69) is 21.3 Å². The Morgan fingerprint density at radius 2 is 0.518 bits per heavy atom. The van der Waals surface area contributed by atoms with E-state index in [1.165, 1.54) is 0 Å². The molecule has 50 nitrogen and oxygen atoms in total. The second-order valence-electron chi connectivity index (χ2n) is 28.2. The van der Waals surface area contributed by atoms with Crippen molar-refractivity contribution in [1.29, 1.82) is 0 Å². The van der Waals surface area contributed by atoms with Gasteiger partial charge in [-0.25, -0.2) is 0 Å². The van der Waals surface area contributed by atoms with Gasteiger partial charge in [0.15, 0.2) is 56.6 Å². The summed E-state index contributed by atoms with van der Waals surface area (Å²) in [7, 11) is 0. The number of hydrogen-bond acceptors (Lipinski definition) is 46. The van der Waals surface area contributed by atoms with E-state index < -0.39 is 359 Å². The zero-order chi connectivity index (χ0) is 82.5. The zero-order valence-electron chi connectivity index (χ0n) is 60.1. The van der Waals surface area contributed by atoms with E-state index in [0.29, 0.717) is 0 Å². The molecular weight excluding hydrogens is 1540 g/mol. The third kappa shape index (κ3) is 20.4. The molecule has 9 aliphatic heterocycles. The maximum absolute atomic E-state index is 13.2. The number of rotatable bonds is 29. The molecule has 50 heteroatoms. The number of amides is 4. The highest BCUT2D eigenvalue weighted by atomic mass is 16.8. The fourth-order valence-corrected chi connectivity index (χ4v) is 14.4. The van der Waals surface area contributed by atoms with Crippen LogP contribution in [0.3, 0.4) is 0 Å². The van der Waals surface area contributed by atoms with E-state index in [9.17, 15) is 147 Å². The lowest BCUT2D eigenvalue weighted by molar-refractivity contribution is -0.407. The first-order valence-corrected chi connectivity index (χ1v) is 35.6. The van der Waals surface area contributed by atoms with E-state index >= 15 is 0 Å². The summed E-state index contributed by atoms with van der Waals surface area (Å²) < 4.78 is 102. The Balaban J connectivity index is 1.17. The van der Waals surface area contributed by atoms with Crippen LogP contribution in [0, 0.1) is 0 Å². The van der Waals surface area contributed by atoms with Gasteiger partial charge in [0, 0.05) is 27.7 Å². The smallest absolute Gasteiger partial charge is 0.217 e. The maximum atomic E-state index is 13.2. The van der Waals surface area contributed by atoms with Gasteiger partial charge < -0.3 is 229 Å². The Labute approximate surface area is 634 Å². The Kier molecular flexibility index (Phi) is 33.1. The molecule has 648 valence electrons. The van der Waals surface area contributed by atoms with Gasteiger partial charge >= 0.3 is 0 Å². The number of aliphatic hydroxyl groups is 25. The highest BCUT2D eigenvalue weighted by molar-refractivity contribution is 5.74. The molecule has 0 aliphatic carbocycles. The molecule has 9 heterocycles. The van der Waals surface area contributed by atoms with Crippen LogP contribution >= 0.6 is 0 Å². The minimum absolute atomic E-state index is 0.805. The van der Waals surface area contributed by atoms with Gasteiger partial charge in [-0.1, -0.05) is 0 Å². The largest absolute Gasteiger partial charge is 0.394 e. The van der Waals surface area contributed by atoms with Crippen molar-refractivity contribution in [1.82, 2.24) is 21.3 Å². The van der Waals surface area contributed by atoms with Crippen LogP contribution in [-0.4, -0.2) is 487 Å². The number of carbonyl (C=O) groups excluding carboxylic acids is 4. The summed E-state index contributed by atoms with van der Waals surface area (Å²) in [6.45, 7) is -6.30. The van der Waals surface area contributed by atoms with Gasteiger partial charge in [0.2, 0.25) is 23.6 Å². The molecule has 0 bridgehead atoms. The quantitative estimate of drug-likeness (QED) is 0.0331. The van der Waals surface area contributed by atoms with Gasteiger partial charge in [-0.2, -0.15) is 0 Å². The van der Waals surface area contributed by atoms with Crippen LogP contribution in [0.5, 0.6) is 0 Å². The lowest BCUT2D eigenvalue weighted by Crippen LogP contribution is -2.71. The van der Waals surface area contributed by atoms with Crippen molar-refractivity contribution >= 4 is 23.6 Å². The summed E-state index contributed by atoms with van der Waals surface area (Å²) in [6.07, 6.45) is -88.1. The average Bonchev–Trinajstić information content (AvgIpc) is 0.761. The normalized spacial score (nSPS) is 48.9. The van der Waals surface area contributed by atoms with Crippen LogP contribution < -0.4 is 21.3 Å². The van der Waals surface area contributed by atoms with Crippen molar-refractivity contribution in [3.63, 3.8) is 0 Å². The topological polar surface area (TPSA) is 779 Å². The number of nitrogens with one attached hydrogen (secondary N) is 4. The van der Waals surface area contributed by atoms with Crippen LogP contribution in [0.1, 0.15) is 27.7 Å². The summed E-state index contributed by atoms with van der Waals surface area (Å²) >= 11 is 0. The highest BCUT2D eigenvalue weighted by Crippen LogP contribution is 2.40. The molecule has 0 aromatic heterocycles. The average molecular weight is 1640 g/mol. The van der Waals surface area contributed by atoms with Crippen molar-refractivity contribution in [3.8, 4) is 0 Å². The molecule has 0 aromatic carbocycles. The van der Waals surface area contributed by atoms with E-state index in [0.717, 1.165) is 27.7 Å². The molecule has 0 spiro atoms. The molecule has 112 heavy (non-hydrogen) atoms. The lowest BCUT2D eigenvalue weighted by Gasteiger charge is -2.52. The summed E-state index contributed by atoms with van der Waals surface area (Å²) in [5.74, 6) is -3.67. The summed E-state index contributed by atoms with van der Waals surface area (Å²) in [5, 5.41) is 288. The fourth-order valence-electron chi connectivity index (χ4n) is 14.4. The lowest BCUT2D eigenvalue weighted by atomic mass is 9.93. The molecule has 9 aliphatic rings. The Hall–Kier alpha value is -3.80. The van der Waals surface area contributed by atoms with E-state index in [-0.39, 0.29) is 0 Å². The predicted molar refractivity (Wildman–Crippen MR) is 343 cm³/mol. The molecule has 9 saturated heterocycles. The van der Waals surface area contributed by atoms with Crippen LogP contribution in [0.2, 0.25) is 0 Å². The van der Waals surface area contributed by atoms with E-state index in [4.69, 9.17) is 80.5 Å². The van der Waals surface area contributed by atoms with Gasteiger partial charge in [-0.15, -0.1) is 0 Å². The Bertz CT molecular complexity index is 2970. The number of carbonyl (C=O) groups is 4. The first-order chi connectivity index (χ1) is 53.0. The minimum atomic E-state index is -2.70. The van der Waals surface area contributed by atoms with Gasteiger partial charge in [0.05, 0.1) is 59.5 Å². The first-order valence-electron chi connectivity index (χ1n) is 35.6. The SMILES string of the molecule is CC(=O)N[C@H]1[C@H](O[C@@H]2[C@@H](O)[C@H](NC(C)=O)[C@@H](O)O[C@H]2CO)O[C@H](CO)[C@@H](O[C@H]2O[C@@H](CO[C@H]3O[C@H](CO[C@@H]4O[C@@H](CO)[C@H](O)[C@@H](O)[C@H]4O)[C@@H](O)[C@H](O[C@H]4O[C@H](CO)[C@@H](O)[C@H](O)[C@@H]4O)[C@@H]3O)[C@H](O[C@@H]3O[C@H](CO)[C@@H](O)[C@H](O)[C@H]3NC(C)=O)[C@@H](O[C@@H]3O[C@@H](CO)[C@H](O)[C@@H](O)[C@H]3O[C@@H]3O[C@H](CO)[C@@H](O)[C@H](O)[C@H]3NC(C)=O)[C@H]2O)[C@@H]1O. The molecule has 4 amide bonds. The van der Waals surface area contributed by atoms with E-state index in [1.54, 1.807) is 0 Å². The summed E-state index contributed by atoms with van der Waals surface area (Å²) in [5.41, 5.74) is 0. The van der Waals surface area contributed by atoms with Crippen LogP contribution in [0.25, 0.3) is 0 Å². The van der Waals surface area contributed by atoms with Gasteiger partial charge in [-0.05, 0) is 0 Å². The number of ether oxygens (including phenoxy) is 17. The molecule has 0 radical (unpaired) electrons. The Morgan fingerprint density at radius 1 is 0.232 bits per heavy atom. The highest BCUT2D eigenvalue weighted by Gasteiger charge is 2.61.